The van der Waals surface area contributed by atoms with Crippen LogP contribution >= 0.6 is 0 Å². The van der Waals surface area contributed by atoms with Gasteiger partial charge in [0.05, 0.1) is 17.7 Å². The van der Waals surface area contributed by atoms with Gasteiger partial charge in [-0.2, -0.15) is 0 Å². The predicted molar refractivity (Wildman–Crippen MR) is 85.1 cm³/mol. The van der Waals surface area contributed by atoms with E-state index in [1.165, 1.54) is 12.1 Å². The van der Waals surface area contributed by atoms with Crippen molar-refractivity contribution in [3.05, 3.63) is 41.1 Å². The zero-order chi connectivity index (χ0) is 17.1. The second kappa shape index (κ2) is 6.92. The van der Waals surface area contributed by atoms with Crippen molar-refractivity contribution >= 4 is 12.0 Å². The summed E-state index contributed by atoms with van der Waals surface area (Å²) >= 11 is 0. The number of ether oxygens (including phenoxy) is 2. The number of phenols is 1. The summed E-state index contributed by atoms with van der Waals surface area (Å²) < 4.78 is 10.8. The molecule has 1 saturated heterocycles. The van der Waals surface area contributed by atoms with Crippen LogP contribution in [0.4, 0.5) is 4.79 Å². The molecule has 0 spiro atoms. The molecule has 7 heteroatoms. The van der Waals surface area contributed by atoms with Gasteiger partial charge in [-0.3, -0.25) is 0 Å². The van der Waals surface area contributed by atoms with Gasteiger partial charge in [-0.15, -0.1) is 0 Å². The van der Waals surface area contributed by atoms with Crippen LogP contribution in [0, 0.1) is 0 Å². The Morgan fingerprint density at radius 3 is 3.00 bits per heavy atom. The number of benzene rings is 1. The maximum atomic E-state index is 12.6. The second-order valence-electron chi connectivity index (χ2n) is 5.90. The van der Waals surface area contributed by atoms with E-state index in [0.29, 0.717) is 23.4 Å². The first kappa shape index (κ1) is 16.3. The summed E-state index contributed by atoms with van der Waals surface area (Å²) in [5.41, 5.74) is 1.36. The van der Waals surface area contributed by atoms with Crippen molar-refractivity contribution in [2.75, 3.05) is 13.2 Å². The normalized spacial score (nSPS) is 23.6. The Morgan fingerprint density at radius 2 is 2.29 bits per heavy atom. The van der Waals surface area contributed by atoms with Crippen LogP contribution in [-0.4, -0.2) is 36.4 Å². The molecule has 0 aliphatic carbocycles. The van der Waals surface area contributed by atoms with Gasteiger partial charge in [0, 0.05) is 12.3 Å². The van der Waals surface area contributed by atoms with Crippen LogP contribution in [0.3, 0.4) is 0 Å². The lowest BCUT2D eigenvalue weighted by Gasteiger charge is -2.28. The van der Waals surface area contributed by atoms with Crippen LogP contribution in [0.15, 0.2) is 35.5 Å². The monoisotopic (exact) mass is 332 g/mol. The Morgan fingerprint density at radius 1 is 1.46 bits per heavy atom. The molecule has 0 saturated carbocycles. The van der Waals surface area contributed by atoms with Gasteiger partial charge >= 0.3 is 12.0 Å². The summed E-state index contributed by atoms with van der Waals surface area (Å²) in [4.78, 5) is 24.3. The smallest absolute Gasteiger partial charge is 0.338 e. The van der Waals surface area contributed by atoms with E-state index in [1.807, 2.05) is 0 Å². The topological polar surface area (TPSA) is 96.9 Å². The first-order valence-electron chi connectivity index (χ1n) is 7.90. The van der Waals surface area contributed by atoms with Crippen LogP contribution in [0.5, 0.6) is 5.75 Å². The molecule has 2 heterocycles. The average Bonchev–Trinajstić information content (AvgIpc) is 3.05. The van der Waals surface area contributed by atoms with Gasteiger partial charge in [0.25, 0.3) is 0 Å². The third-order valence-electron chi connectivity index (χ3n) is 4.12. The van der Waals surface area contributed by atoms with Crippen molar-refractivity contribution in [3.8, 4) is 5.75 Å². The fraction of sp³-hybridized carbons (Fsp3) is 0.412. The van der Waals surface area contributed by atoms with Crippen LogP contribution in [-0.2, 0) is 14.3 Å². The number of aromatic hydroxyl groups is 1. The molecule has 128 valence electrons. The molecule has 3 rings (SSSR count). The quantitative estimate of drug-likeness (QED) is 0.730. The van der Waals surface area contributed by atoms with Crippen LogP contribution in [0.1, 0.15) is 31.4 Å². The number of hydrogen-bond donors (Lipinski definition) is 3. The Bertz CT molecular complexity index is 679. The van der Waals surface area contributed by atoms with Gasteiger partial charge in [-0.25, -0.2) is 9.59 Å². The third kappa shape index (κ3) is 3.51. The van der Waals surface area contributed by atoms with Crippen molar-refractivity contribution in [1.82, 2.24) is 10.6 Å². The molecule has 2 atom stereocenters. The van der Waals surface area contributed by atoms with Gasteiger partial charge in [0.15, 0.2) is 0 Å². The van der Waals surface area contributed by atoms with Crippen molar-refractivity contribution in [2.45, 2.75) is 31.9 Å². The molecule has 7 nitrogen and oxygen atoms in total. The lowest BCUT2D eigenvalue weighted by atomic mass is 9.95. The summed E-state index contributed by atoms with van der Waals surface area (Å²) in [6, 6.07) is 5.34. The Kier molecular flexibility index (Phi) is 4.71. The molecule has 0 bridgehead atoms. The highest BCUT2D eigenvalue weighted by Crippen LogP contribution is 2.29. The molecule has 0 unspecified atom stereocenters. The van der Waals surface area contributed by atoms with Crippen LogP contribution < -0.4 is 10.6 Å². The van der Waals surface area contributed by atoms with Gasteiger partial charge < -0.3 is 25.2 Å². The van der Waals surface area contributed by atoms with E-state index in [-0.39, 0.29) is 18.5 Å². The molecule has 1 aromatic carbocycles. The number of hydrogen-bond acceptors (Lipinski definition) is 5. The van der Waals surface area contributed by atoms with Crippen molar-refractivity contribution in [2.24, 2.45) is 0 Å². The van der Waals surface area contributed by atoms with Crippen LogP contribution in [0.25, 0.3) is 0 Å². The zero-order valence-corrected chi connectivity index (χ0v) is 13.4. The minimum atomic E-state index is -0.678. The summed E-state index contributed by atoms with van der Waals surface area (Å²) in [7, 11) is 0. The highest BCUT2D eigenvalue weighted by Gasteiger charge is 2.33. The van der Waals surface area contributed by atoms with Gasteiger partial charge in [0.1, 0.15) is 12.4 Å². The van der Waals surface area contributed by atoms with Crippen molar-refractivity contribution < 1.29 is 24.2 Å². The molecule has 2 amide bonds. The Balaban J connectivity index is 1.81. The summed E-state index contributed by atoms with van der Waals surface area (Å²) in [5.74, 6) is -0.450. The molecule has 1 aromatic rings. The zero-order valence-electron chi connectivity index (χ0n) is 13.4. The van der Waals surface area contributed by atoms with Gasteiger partial charge in [-0.1, -0.05) is 12.1 Å². The summed E-state index contributed by atoms with van der Waals surface area (Å²) in [6.07, 6.45) is 1.77. The molecular weight excluding hydrogens is 312 g/mol. The minimum absolute atomic E-state index is 0.0602. The summed E-state index contributed by atoms with van der Waals surface area (Å²) in [6.45, 7) is 2.53. The fourth-order valence-corrected chi connectivity index (χ4v) is 2.94. The van der Waals surface area contributed by atoms with Crippen molar-refractivity contribution in [1.29, 1.82) is 0 Å². The highest BCUT2D eigenvalue weighted by atomic mass is 16.6. The number of esters is 1. The maximum absolute atomic E-state index is 12.6. The second-order valence-corrected chi connectivity index (χ2v) is 5.90. The first-order valence-corrected chi connectivity index (χ1v) is 7.90. The van der Waals surface area contributed by atoms with E-state index in [0.717, 1.165) is 12.8 Å². The SMILES string of the molecule is CC1=C(C(=O)OC[C@H]2CCCO2)[C@H](c2cccc(O)c2)NC(=O)N1. The van der Waals surface area contributed by atoms with Crippen molar-refractivity contribution in [3.63, 3.8) is 0 Å². The number of allylic oxidation sites excluding steroid dienone is 1. The van der Waals surface area contributed by atoms with E-state index < -0.39 is 18.0 Å². The number of nitrogens with one attached hydrogen (secondary N) is 2. The van der Waals surface area contributed by atoms with Crippen LogP contribution in [0.2, 0.25) is 0 Å². The van der Waals surface area contributed by atoms with E-state index in [1.54, 1.807) is 19.1 Å². The predicted octanol–water partition coefficient (Wildman–Crippen LogP) is 1.74. The lowest BCUT2D eigenvalue weighted by molar-refractivity contribution is -0.142. The molecule has 0 radical (unpaired) electrons. The lowest BCUT2D eigenvalue weighted by Crippen LogP contribution is -2.45. The van der Waals surface area contributed by atoms with E-state index >= 15 is 0 Å². The van der Waals surface area contributed by atoms with E-state index in [2.05, 4.69) is 10.6 Å². The standard InChI is InChI=1S/C17H20N2O5/c1-10-14(16(21)24-9-13-6-3-7-23-13)15(19-17(22)18-10)11-4-2-5-12(20)8-11/h2,4-5,8,13,15,20H,3,6-7,9H2,1H3,(H2,18,19,22)/t13-,15+/m1/s1. The first-order chi connectivity index (χ1) is 11.5. The molecule has 3 N–H and O–H groups in total. The number of urea groups is 1. The fourth-order valence-electron chi connectivity index (χ4n) is 2.94. The van der Waals surface area contributed by atoms with Gasteiger partial charge in [0.2, 0.25) is 0 Å². The largest absolute Gasteiger partial charge is 0.508 e. The minimum Gasteiger partial charge on any atom is -0.508 e. The molecule has 0 aromatic heterocycles. The maximum Gasteiger partial charge on any atom is 0.338 e. The number of rotatable bonds is 4. The Hall–Kier alpha value is -2.54. The molecular formula is C17H20N2O5. The molecule has 24 heavy (non-hydrogen) atoms. The number of carbonyl (C=O) groups excluding carboxylic acids is 2. The number of phenolic OH excluding ortho intramolecular Hbond substituents is 1. The average molecular weight is 332 g/mol. The third-order valence-corrected chi connectivity index (χ3v) is 4.12. The van der Waals surface area contributed by atoms with E-state index in [4.69, 9.17) is 9.47 Å². The molecule has 1 fully saturated rings. The summed E-state index contributed by atoms with van der Waals surface area (Å²) in [5, 5.41) is 15.0. The van der Waals surface area contributed by atoms with E-state index in [9.17, 15) is 14.7 Å². The highest BCUT2D eigenvalue weighted by molar-refractivity contribution is 5.95. The number of amides is 2. The molecule has 2 aliphatic rings. The molecule has 2 aliphatic heterocycles. The van der Waals surface area contributed by atoms with Gasteiger partial charge in [-0.05, 0) is 37.5 Å². The number of carbonyl (C=O) groups is 2. The Labute approximate surface area is 139 Å².